The topological polar surface area (TPSA) is 9.23 Å². The Morgan fingerprint density at radius 2 is 1.29 bits per heavy atom. The standard InChI is InChI=1S/C14H11O.C13H10.C7H9.2CH3.Zr/c1-15-12-6-7-14-11(9-12)8-10-4-2-3-5-13(10)14;1-3-7-12(8-4-1)11-13-9-5-2-6-10-13;1-6-4-3-5-7(6)2;;;/h2-7H,8H2,1H3;1-10H;4H,5H2,1-2H3;2*1H3;. The first kappa shape index (κ1) is 25.2. The van der Waals surface area contributed by atoms with E-state index >= 15 is 0 Å². The molecule has 2 aliphatic rings. The number of hydrogen-bond acceptors (Lipinski definition) is 1. The van der Waals surface area contributed by atoms with Crippen molar-refractivity contribution in [3.05, 3.63) is 140 Å². The fourth-order valence-electron chi connectivity index (χ4n) is 7.21. The Bertz CT molecular complexity index is 1650. The van der Waals surface area contributed by atoms with E-state index in [4.69, 9.17) is 4.74 Å². The number of methoxy groups -OCH3 is 1. The summed E-state index contributed by atoms with van der Waals surface area (Å²) in [5.41, 5.74) is 11.2. The van der Waals surface area contributed by atoms with Crippen molar-refractivity contribution in [2.75, 3.05) is 7.11 Å². The SMILES string of the molecule is COc1ccc2c([c]1[Zr]([CH3])([CH3])([C]1=CC(C)=C(C)C1)=[C](c1ccccc1)c1ccccc1)Cc1ccccc1-2. The summed E-state index contributed by atoms with van der Waals surface area (Å²) in [4.78, 5) is 0. The molecule has 4 aromatic rings. The van der Waals surface area contributed by atoms with Crippen molar-refractivity contribution in [2.24, 2.45) is 0 Å². The molecular formula is C36H36OZr. The summed E-state index contributed by atoms with van der Waals surface area (Å²) >= 11 is -4.36. The van der Waals surface area contributed by atoms with E-state index in [0.717, 1.165) is 18.6 Å². The van der Waals surface area contributed by atoms with Gasteiger partial charge in [-0.2, -0.15) is 0 Å². The van der Waals surface area contributed by atoms with Gasteiger partial charge in [0.05, 0.1) is 0 Å². The quantitative estimate of drug-likeness (QED) is 0.204. The molecule has 0 radical (unpaired) electrons. The van der Waals surface area contributed by atoms with Crippen LogP contribution in [0.2, 0.25) is 9.26 Å². The summed E-state index contributed by atoms with van der Waals surface area (Å²) in [6.45, 7) is 4.59. The average Bonchev–Trinajstić information content (AvgIpc) is 3.49. The van der Waals surface area contributed by atoms with Gasteiger partial charge in [-0.3, -0.25) is 0 Å². The first-order valence-electron chi connectivity index (χ1n) is 13.7. The maximum absolute atomic E-state index is 6.31. The average molecular weight is 576 g/mol. The Kier molecular flexibility index (Phi) is 6.16. The van der Waals surface area contributed by atoms with E-state index in [-0.39, 0.29) is 0 Å². The van der Waals surface area contributed by atoms with Crippen LogP contribution in [-0.4, -0.2) is 10.3 Å². The van der Waals surface area contributed by atoms with Crippen LogP contribution in [0.1, 0.15) is 42.5 Å². The molecule has 0 unspecified atom stereocenters. The summed E-state index contributed by atoms with van der Waals surface area (Å²) in [5, 5.41) is 0. The molecule has 0 amide bonds. The number of ether oxygens (including phenoxy) is 1. The number of hydrogen-bond donors (Lipinski definition) is 0. The zero-order chi connectivity index (χ0) is 26.5. The predicted octanol–water partition coefficient (Wildman–Crippen LogP) is 8.57. The van der Waals surface area contributed by atoms with Crippen molar-refractivity contribution in [1.82, 2.24) is 0 Å². The van der Waals surface area contributed by atoms with Crippen LogP contribution in [-0.2, 0) is 24.7 Å². The normalized spacial score (nSPS) is 14.7. The van der Waals surface area contributed by atoms with E-state index in [0.29, 0.717) is 0 Å². The minimum atomic E-state index is -4.36. The summed E-state index contributed by atoms with van der Waals surface area (Å²) < 4.78 is 16.3. The van der Waals surface area contributed by atoms with Gasteiger partial charge in [-0.15, -0.1) is 0 Å². The van der Waals surface area contributed by atoms with Gasteiger partial charge in [0.15, 0.2) is 0 Å². The monoisotopic (exact) mass is 574 g/mol. The van der Waals surface area contributed by atoms with Crippen molar-refractivity contribution in [2.45, 2.75) is 36.0 Å². The van der Waals surface area contributed by atoms with Crippen LogP contribution < -0.4 is 8.01 Å². The summed E-state index contributed by atoms with van der Waals surface area (Å²) in [6.07, 6.45) is 4.53. The molecule has 1 nitrogen and oxygen atoms in total. The van der Waals surface area contributed by atoms with Gasteiger partial charge >= 0.3 is 229 Å². The number of benzene rings is 4. The Balaban J connectivity index is 1.85. The second kappa shape index (κ2) is 9.28. The fourth-order valence-corrected chi connectivity index (χ4v) is 23.1. The summed E-state index contributed by atoms with van der Waals surface area (Å²) in [5.74, 6) is 1.04. The van der Waals surface area contributed by atoms with Gasteiger partial charge in [0.1, 0.15) is 0 Å². The second-order valence-electron chi connectivity index (χ2n) is 11.8. The molecule has 0 saturated carbocycles. The van der Waals surface area contributed by atoms with Crippen LogP contribution in [0.3, 0.4) is 0 Å². The van der Waals surface area contributed by atoms with Crippen LogP contribution in [0, 0.1) is 0 Å². The van der Waals surface area contributed by atoms with Crippen LogP contribution in [0.25, 0.3) is 11.1 Å². The summed E-state index contributed by atoms with van der Waals surface area (Å²) in [6, 6.07) is 35.7. The Labute approximate surface area is 228 Å². The molecule has 0 N–H and O–H groups in total. The summed E-state index contributed by atoms with van der Waals surface area (Å²) in [7, 11) is 1.85. The van der Waals surface area contributed by atoms with Crippen molar-refractivity contribution in [3.63, 3.8) is 0 Å². The van der Waals surface area contributed by atoms with Crippen molar-refractivity contribution < 1.29 is 23.0 Å². The van der Waals surface area contributed by atoms with Gasteiger partial charge in [-0.25, -0.2) is 0 Å². The molecule has 2 heteroatoms. The van der Waals surface area contributed by atoms with Gasteiger partial charge in [-0.1, -0.05) is 0 Å². The molecule has 6 rings (SSSR count). The van der Waals surface area contributed by atoms with Crippen LogP contribution in [0.15, 0.2) is 118 Å². The van der Waals surface area contributed by atoms with Gasteiger partial charge in [0, 0.05) is 0 Å². The third kappa shape index (κ3) is 3.72. The fraction of sp³-hybridized carbons (Fsp3) is 0.194. The third-order valence-corrected chi connectivity index (χ3v) is 24.9. The minimum absolute atomic E-state index is 0.957. The molecule has 0 aliphatic heterocycles. The van der Waals surface area contributed by atoms with E-state index in [1.807, 2.05) is 7.11 Å². The Morgan fingerprint density at radius 1 is 0.684 bits per heavy atom. The van der Waals surface area contributed by atoms with Gasteiger partial charge in [0.2, 0.25) is 0 Å². The molecule has 0 heterocycles. The first-order chi connectivity index (χ1) is 18.3. The zero-order valence-electron chi connectivity index (χ0n) is 23.1. The molecular weight excluding hydrogens is 540 g/mol. The van der Waals surface area contributed by atoms with Gasteiger partial charge in [-0.05, 0) is 0 Å². The van der Waals surface area contributed by atoms with E-state index in [1.54, 1.807) is 3.28 Å². The molecule has 0 saturated heterocycles. The first-order valence-corrected chi connectivity index (χ1v) is 22.3. The Hall–Kier alpha value is -3.09. The molecule has 190 valence electrons. The molecule has 4 aromatic carbocycles. The van der Waals surface area contributed by atoms with Crippen LogP contribution >= 0.6 is 0 Å². The maximum atomic E-state index is 6.31. The molecule has 2 aliphatic carbocycles. The number of allylic oxidation sites excluding steroid dienone is 4. The van der Waals surface area contributed by atoms with Crippen LogP contribution in [0.5, 0.6) is 5.75 Å². The molecule has 0 aromatic heterocycles. The predicted molar refractivity (Wildman–Crippen MR) is 160 cm³/mol. The molecule has 0 bridgehead atoms. The van der Waals surface area contributed by atoms with E-state index in [2.05, 4.69) is 126 Å². The van der Waals surface area contributed by atoms with Crippen molar-refractivity contribution in [1.29, 1.82) is 0 Å². The van der Waals surface area contributed by atoms with E-state index < -0.39 is 18.3 Å². The van der Waals surface area contributed by atoms with Crippen molar-refractivity contribution in [3.8, 4) is 16.9 Å². The van der Waals surface area contributed by atoms with Crippen molar-refractivity contribution >= 4 is 6.48 Å². The van der Waals surface area contributed by atoms with Crippen LogP contribution in [0.4, 0.5) is 0 Å². The van der Waals surface area contributed by atoms with E-state index in [9.17, 15) is 0 Å². The van der Waals surface area contributed by atoms with Gasteiger partial charge in [0.25, 0.3) is 0 Å². The second-order valence-corrected chi connectivity index (χ2v) is 27.5. The molecule has 0 atom stereocenters. The molecule has 0 spiro atoms. The zero-order valence-corrected chi connectivity index (χ0v) is 25.6. The van der Waals surface area contributed by atoms with Gasteiger partial charge < -0.3 is 0 Å². The molecule has 38 heavy (non-hydrogen) atoms. The number of fused-ring (bicyclic) bond motifs is 3. The Morgan fingerprint density at radius 3 is 1.87 bits per heavy atom. The number of rotatable bonds is 5. The third-order valence-electron chi connectivity index (χ3n) is 9.28. The van der Waals surface area contributed by atoms with E-state index in [1.165, 1.54) is 51.0 Å². The molecule has 0 fully saturated rings.